The number of rotatable bonds is 5. The quantitative estimate of drug-likeness (QED) is 0.647. The van der Waals surface area contributed by atoms with Gasteiger partial charge in [0.05, 0.1) is 22.6 Å². The molecule has 9 heteroatoms. The van der Waals surface area contributed by atoms with Crippen LogP contribution in [-0.4, -0.2) is 39.1 Å². The molecule has 1 N–H and O–H groups in total. The first kappa shape index (κ1) is 16.9. The topological polar surface area (TPSA) is 123 Å². The molecule has 0 bridgehead atoms. The number of oxazole rings is 1. The highest BCUT2D eigenvalue weighted by molar-refractivity contribution is 5.71. The van der Waals surface area contributed by atoms with Gasteiger partial charge in [-0.05, 0) is 12.8 Å². The number of aromatic nitrogens is 2. The van der Waals surface area contributed by atoms with Crippen LogP contribution in [0.2, 0.25) is 0 Å². The van der Waals surface area contributed by atoms with Gasteiger partial charge in [0.15, 0.2) is 0 Å². The molecule has 132 valence electrons. The average molecular weight is 346 g/mol. The molecule has 0 aromatic carbocycles. The number of hydrogen-bond acceptors (Lipinski definition) is 7. The minimum absolute atomic E-state index is 0.137. The summed E-state index contributed by atoms with van der Waals surface area (Å²) >= 11 is 0. The van der Waals surface area contributed by atoms with Crippen LogP contribution in [0.5, 0.6) is 0 Å². The Morgan fingerprint density at radius 2 is 2.12 bits per heavy atom. The van der Waals surface area contributed by atoms with Crippen molar-refractivity contribution in [1.29, 1.82) is 0 Å². The number of hydrogen-bond donors (Lipinski definition) is 1. The molecule has 0 radical (unpaired) electrons. The molecule has 0 saturated carbocycles. The van der Waals surface area contributed by atoms with Gasteiger partial charge in [0.2, 0.25) is 11.7 Å². The predicted molar refractivity (Wildman–Crippen MR) is 88.3 cm³/mol. The second-order valence-corrected chi connectivity index (χ2v) is 5.91. The molecule has 2 aromatic rings. The summed E-state index contributed by atoms with van der Waals surface area (Å²) in [5.74, 6) is 0.00311. The Balaban J connectivity index is 1.88. The standard InChI is InChI=1S/C16H18N4O5/c1-2-12-9-18-15(25-12)11-7-13(20(23)24)14(17-8-11)19-5-3-10(4-6-19)16(21)22/h7-10H,2-6H2,1H3,(H,21,22). The van der Waals surface area contributed by atoms with Crippen molar-refractivity contribution in [2.45, 2.75) is 26.2 Å². The van der Waals surface area contributed by atoms with Crippen LogP contribution in [0.4, 0.5) is 11.5 Å². The van der Waals surface area contributed by atoms with Gasteiger partial charge in [0, 0.05) is 31.8 Å². The SMILES string of the molecule is CCc1cnc(-c2cnc(N3CCC(C(=O)O)CC3)c([N+](=O)[O-])c2)o1. The fraction of sp³-hybridized carbons (Fsp3) is 0.438. The average Bonchev–Trinajstić information content (AvgIpc) is 3.10. The van der Waals surface area contributed by atoms with E-state index in [1.165, 1.54) is 12.3 Å². The molecule has 0 amide bonds. The van der Waals surface area contributed by atoms with E-state index in [9.17, 15) is 14.9 Å². The number of pyridine rings is 1. The lowest BCUT2D eigenvalue weighted by molar-refractivity contribution is -0.384. The van der Waals surface area contributed by atoms with E-state index in [1.807, 2.05) is 6.92 Å². The highest BCUT2D eigenvalue weighted by Crippen LogP contribution is 2.33. The third-order valence-corrected chi connectivity index (χ3v) is 4.34. The van der Waals surface area contributed by atoms with E-state index in [2.05, 4.69) is 9.97 Å². The van der Waals surface area contributed by atoms with Crippen LogP contribution in [0.3, 0.4) is 0 Å². The molecule has 2 aromatic heterocycles. The van der Waals surface area contributed by atoms with Gasteiger partial charge in [-0.1, -0.05) is 6.92 Å². The number of nitro groups is 1. The van der Waals surface area contributed by atoms with Crippen molar-refractivity contribution in [1.82, 2.24) is 9.97 Å². The molecular formula is C16H18N4O5. The highest BCUT2D eigenvalue weighted by Gasteiger charge is 2.29. The monoisotopic (exact) mass is 346 g/mol. The van der Waals surface area contributed by atoms with Crippen molar-refractivity contribution in [3.8, 4) is 11.5 Å². The van der Waals surface area contributed by atoms with Crippen LogP contribution in [-0.2, 0) is 11.2 Å². The van der Waals surface area contributed by atoms with E-state index in [0.717, 1.165) is 0 Å². The molecule has 0 unspecified atom stereocenters. The Hall–Kier alpha value is -2.97. The molecule has 1 saturated heterocycles. The molecule has 1 aliphatic heterocycles. The Morgan fingerprint density at radius 1 is 1.40 bits per heavy atom. The largest absolute Gasteiger partial charge is 0.481 e. The van der Waals surface area contributed by atoms with Gasteiger partial charge in [-0.25, -0.2) is 9.97 Å². The first-order chi connectivity index (χ1) is 12.0. The first-order valence-corrected chi connectivity index (χ1v) is 8.06. The zero-order valence-electron chi connectivity index (χ0n) is 13.7. The van der Waals surface area contributed by atoms with Crippen molar-refractivity contribution in [2.75, 3.05) is 18.0 Å². The Bertz CT molecular complexity index is 796. The van der Waals surface area contributed by atoms with E-state index in [0.29, 0.717) is 49.6 Å². The molecule has 25 heavy (non-hydrogen) atoms. The number of aliphatic carboxylic acids is 1. The summed E-state index contributed by atoms with van der Waals surface area (Å²) < 4.78 is 5.53. The van der Waals surface area contributed by atoms with Crippen molar-refractivity contribution < 1.29 is 19.2 Å². The van der Waals surface area contributed by atoms with Crippen molar-refractivity contribution >= 4 is 17.5 Å². The van der Waals surface area contributed by atoms with Crippen LogP contribution < -0.4 is 4.90 Å². The summed E-state index contributed by atoms with van der Waals surface area (Å²) in [5.41, 5.74) is 0.304. The van der Waals surface area contributed by atoms with Crippen molar-refractivity contribution in [3.05, 3.63) is 34.3 Å². The number of anilines is 1. The Morgan fingerprint density at radius 3 is 2.68 bits per heavy atom. The van der Waals surface area contributed by atoms with Crippen LogP contribution in [0.1, 0.15) is 25.5 Å². The Labute approximate surface area is 143 Å². The van der Waals surface area contributed by atoms with Gasteiger partial charge in [-0.15, -0.1) is 0 Å². The number of carboxylic acids is 1. The fourth-order valence-electron chi connectivity index (χ4n) is 2.88. The van der Waals surface area contributed by atoms with Gasteiger partial charge in [-0.2, -0.15) is 0 Å². The maximum atomic E-state index is 11.5. The number of nitrogens with zero attached hydrogens (tertiary/aromatic N) is 4. The molecule has 1 fully saturated rings. The number of carbonyl (C=O) groups is 1. The molecule has 0 atom stereocenters. The molecule has 3 heterocycles. The molecule has 0 spiro atoms. The summed E-state index contributed by atoms with van der Waals surface area (Å²) in [5, 5.41) is 20.5. The first-order valence-electron chi connectivity index (χ1n) is 8.06. The van der Waals surface area contributed by atoms with E-state index >= 15 is 0 Å². The summed E-state index contributed by atoms with van der Waals surface area (Å²) in [7, 11) is 0. The van der Waals surface area contributed by atoms with Gasteiger partial charge in [0.25, 0.3) is 0 Å². The summed E-state index contributed by atoms with van der Waals surface area (Å²) in [4.78, 5) is 32.2. The zero-order valence-corrected chi connectivity index (χ0v) is 13.7. The predicted octanol–water partition coefficient (Wildman–Crippen LogP) is 2.51. The maximum absolute atomic E-state index is 11.5. The number of carboxylic acid groups (broad SMARTS) is 1. The number of aryl methyl sites for hydroxylation is 1. The Kier molecular flexibility index (Phi) is 4.64. The molecule has 0 aliphatic carbocycles. The van der Waals surface area contributed by atoms with Crippen LogP contribution >= 0.6 is 0 Å². The normalized spacial score (nSPS) is 15.3. The van der Waals surface area contributed by atoms with Crippen molar-refractivity contribution in [2.24, 2.45) is 5.92 Å². The van der Waals surface area contributed by atoms with Gasteiger partial charge in [0.1, 0.15) is 5.76 Å². The smallest absolute Gasteiger partial charge is 0.312 e. The van der Waals surface area contributed by atoms with Gasteiger partial charge in [-0.3, -0.25) is 14.9 Å². The molecule has 3 rings (SSSR count). The third kappa shape index (κ3) is 3.44. The lowest BCUT2D eigenvalue weighted by Crippen LogP contribution is -2.37. The summed E-state index contributed by atoms with van der Waals surface area (Å²) in [6.45, 7) is 2.76. The van der Waals surface area contributed by atoms with E-state index in [-0.39, 0.29) is 11.5 Å². The summed E-state index contributed by atoms with van der Waals surface area (Å²) in [6, 6.07) is 1.40. The zero-order chi connectivity index (χ0) is 18.0. The fourth-order valence-corrected chi connectivity index (χ4v) is 2.88. The molecule has 9 nitrogen and oxygen atoms in total. The van der Waals surface area contributed by atoms with Crippen LogP contribution in [0.25, 0.3) is 11.5 Å². The third-order valence-electron chi connectivity index (χ3n) is 4.34. The van der Waals surface area contributed by atoms with E-state index in [1.54, 1.807) is 11.1 Å². The van der Waals surface area contributed by atoms with Gasteiger partial charge < -0.3 is 14.4 Å². The van der Waals surface area contributed by atoms with Gasteiger partial charge >= 0.3 is 11.7 Å². The second-order valence-electron chi connectivity index (χ2n) is 5.91. The highest BCUT2D eigenvalue weighted by atomic mass is 16.6. The van der Waals surface area contributed by atoms with E-state index in [4.69, 9.17) is 9.52 Å². The van der Waals surface area contributed by atoms with E-state index < -0.39 is 16.8 Å². The summed E-state index contributed by atoms with van der Waals surface area (Å²) in [6.07, 6.45) is 4.65. The molecule has 1 aliphatic rings. The minimum Gasteiger partial charge on any atom is -0.481 e. The number of piperidine rings is 1. The second kappa shape index (κ2) is 6.88. The minimum atomic E-state index is -0.826. The maximum Gasteiger partial charge on any atom is 0.312 e. The molecular weight excluding hydrogens is 328 g/mol. The van der Waals surface area contributed by atoms with Crippen molar-refractivity contribution in [3.63, 3.8) is 0 Å². The lowest BCUT2D eigenvalue weighted by Gasteiger charge is -2.30. The van der Waals surface area contributed by atoms with Crippen LogP contribution in [0.15, 0.2) is 22.9 Å². The lowest BCUT2D eigenvalue weighted by atomic mass is 9.97. The van der Waals surface area contributed by atoms with Crippen LogP contribution in [0, 0.1) is 16.0 Å².